The Morgan fingerprint density at radius 3 is 2.55 bits per heavy atom. The molecule has 0 aromatic carbocycles. The number of ketones is 1. The second-order valence-corrected chi connectivity index (χ2v) is 5.71. The first kappa shape index (κ1) is 17.2. The van der Waals surface area contributed by atoms with Gasteiger partial charge in [-0.15, -0.1) is 0 Å². The van der Waals surface area contributed by atoms with Gasteiger partial charge in [0.25, 0.3) is 0 Å². The van der Waals surface area contributed by atoms with Crippen molar-refractivity contribution in [2.24, 2.45) is 5.92 Å². The first-order valence-corrected chi connectivity index (χ1v) is 7.56. The molecule has 6 heteroatoms. The average molecular weight is 349 g/mol. The fraction of sp³-hybridized carbons (Fsp3) is 0.714. The highest BCUT2D eigenvalue weighted by molar-refractivity contribution is 9.09. The zero-order chi connectivity index (χ0) is 15.1. The van der Waals surface area contributed by atoms with Crippen molar-refractivity contribution in [2.75, 3.05) is 20.8 Å². The number of carbonyl (C=O) groups is 2. The van der Waals surface area contributed by atoms with Gasteiger partial charge >= 0.3 is 5.97 Å². The minimum absolute atomic E-state index is 0.0249. The van der Waals surface area contributed by atoms with E-state index in [1.54, 1.807) is 14.0 Å². The number of hydrogen-bond donors (Lipinski definition) is 0. The van der Waals surface area contributed by atoms with Gasteiger partial charge in [0.05, 0.1) is 19.8 Å². The molecular formula is C14H21BrO5. The molecule has 0 radical (unpaired) electrons. The van der Waals surface area contributed by atoms with Crippen LogP contribution in [-0.2, 0) is 23.8 Å². The molecule has 0 aromatic heterocycles. The molecule has 1 aliphatic carbocycles. The van der Waals surface area contributed by atoms with Gasteiger partial charge in [-0.05, 0) is 25.7 Å². The van der Waals surface area contributed by atoms with E-state index in [1.807, 2.05) is 0 Å². The second kappa shape index (κ2) is 8.42. The summed E-state index contributed by atoms with van der Waals surface area (Å²) in [4.78, 5) is 23.9. The number of alkyl halides is 1. The maximum Gasteiger partial charge on any atom is 0.344 e. The number of hydrogen-bond acceptors (Lipinski definition) is 5. The smallest absolute Gasteiger partial charge is 0.344 e. The Morgan fingerprint density at radius 2 is 2.05 bits per heavy atom. The largest absolute Gasteiger partial charge is 0.500 e. The maximum absolute atomic E-state index is 12.1. The van der Waals surface area contributed by atoms with Crippen molar-refractivity contribution in [1.82, 2.24) is 0 Å². The van der Waals surface area contributed by atoms with Crippen LogP contribution in [0.1, 0.15) is 26.2 Å². The Morgan fingerprint density at radius 1 is 1.35 bits per heavy atom. The molecular weight excluding hydrogens is 328 g/mol. The first-order valence-electron chi connectivity index (χ1n) is 6.65. The van der Waals surface area contributed by atoms with Crippen LogP contribution < -0.4 is 0 Å². The quantitative estimate of drug-likeness (QED) is 0.168. The molecule has 3 atom stereocenters. The van der Waals surface area contributed by atoms with Crippen LogP contribution >= 0.6 is 15.9 Å². The zero-order valence-corrected chi connectivity index (χ0v) is 13.6. The van der Waals surface area contributed by atoms with Crippen molar-refractivity contribution < 1.29 is 23.8 Å². The summed E-state index contributed by atoms with van der Waals surface area (Å²) in [6.07, 6.45) is 3.36. The molecule has 114 valence electrons. The monoisotopic (exact) mass is 348 g/mol. The van der Waals surface area contributed by atoms with Gasteiger partial charge in [-0.3, -0.25) is 4.79 Å². The number of Topliss-reactive ketones (excluding diaryl/α,β-unsaturated/α-hetero) is 1. The van der Waals surface area contributed by atoms with Crippen molar-refractivity contribution in [3.05, 3.63) is 11.8 Å². The highest BCUT2D eigenvalue weighted by Crippen LogP contribution is 2.39. The van der Waals surface area contributed by atoms with E-state index in [9.17, 15) is 9.59 Å². The van der Waals surface area contributed by atoms with Crippen LogP contribution in [0.15, 0.2) is 11.8 Å². The molecule has 1 rings (SSSR count). The molecule has 0 N–H and O–H groups in total. The minimum Gasteiger partial charge on any atom is -0.500 e. The van der Waals surface area contributed by atoms with Crippen LogP contribution in [0.2, 0.25) is 0 Å². The van der Waals surface area contributed by atoms with E-state index < -0.39 is 5.97 Å². The summed E-state index contributed by atoms with van der Waals surface area (Å²) in [7, 11) is 2.93. The van der Waals surface area contributed by atoms with Crippen molar-refractivity contribution >= 4 is 27.7 Å². The van der Waals surface area contributed by atoms with Crippen molar-refractivity contribution in [2.45, 2.75) is 37.1 Å². The molecule has 0 heterocycles. The molecule has 0 saturated heterocycles. The lowest BCUT2D eigenvalue weighted by molar-refractivity contribution is -0.138. The van der Waals surface area contributed by atoms with Crippen LogP contribution in [0.25, 0.3) is 0 Å². The molecule has 0 aromatic rings. The van der Waals surface area contributed by atoms with Crippen LogP contribution in [0.5, 0.6) is 0 Å². The lowest BCUT2D eigenvalue weighted by Gasteiger charge is -2.40. The average Bonchev–Trinajstić information content (AvgIpc) is 2.45. The van der Waals surface area contributed by atoms with E-state index in [4.69, 9.17) is 9.47 Å². The molecule has 0 bridgehead atoms. The summed E-state index contributed by atoms with van der Waals surface area (Å²) in [5.41, 5.74) is -0.0249. The molecule has 0 amide bonds. The molecule has 5 nitrogen and oxygen atoms in total. The van der Waals surface area contributed by atoms with E-state index in [0.29, 0.717) is 18.9 Å². The lowest BCUT2D eigenvalue weighted by Crippen LogP contribution is -2.43. The summed E-state index contributed by atoms with van der Waals surface area (Å²) in [5, 5.41) is 0. The molecule has 1 aliphatic rings. The molecule has 1 saturated carbocycles. The van der Waals surface area contributed by atoms with Gasteiger partial charge in [-0.25, -0.2) is 4.79 Å². The standard InChI is InChI=1S/C14H21BrO5/c1-4-20-8-10(14(17)19-3)11(16)6-5-9-7-12(18-2)13(9)15/h8-9,12-13H,4-7H2,1-3H3/b10-8-/t9?,12?,13-/m1/s1. The first-order chi connectivity index (χ1) is 9.54. The van der Waals surface area contributed by atoms with Crippen molar-refractivity contribution in [3.63, 3.8) is 0 Å². The van der Waals surface area contributed by atoms with Gasteiger partial charge in [0.1, 0.15) is 11.8 Å². The zero-order valence-electron chi connectivity index (χ0n) is 12.1. The predicted molar refractivity (Wildman–Crippen MR) is 77.6 cm³/mol. The van der Waals surface area contributed by atoms with Gasteiger partial charge in [0.15, 0.2) is 5.78 Å². The normalized spacial score (nSPS) is 25.8. The van der Waals surface area contributed by atoms with Crippen molar-refractivity contribution in [3.8, 4) is 0 Å². The highest BCUT2D eigenvalue weighted by Gasteiger charge is 2.39. The number of carbonyl (C=O) groups excluding carboxylic acids is 2. The topological polar surface area (TPSA) is 61.8 Å². The summed E-state index contributed by atoms with van der Waals surface area (Å²) < 4.78 is 14.9. The van der Waals surface area contributed by atoms with Gasteiger partial charge in [-0.1, -0.05) is 15.9 Å². The number of rotatable bonds is 8. The highest BCUT2D eigenvalue weighted by atomic mass is 79.9. The Hall–Kier alpha value is -0.880. The molecule has 0 spiro atoms. The van der Waals surface area contributed by atoms with Crippen molar-refractivity contribution in [1.29, 1.82) is 0 Å². The van der Waals surface area contributed by atoms with Gasteiger partial charge in [-0.2, -0.15) is 0 Å². The number of methoxy groups -OCH3 is 2. The van der Waals surface area contributed by atoms with Crippen LogP contribution in [0, 0.1) is 5.92 Å². The van der Waals surface area contributed by atoms with E-state index in [0.717, 1.165) is 12.8 Å². The second-order valence-electron chi connectivity index (χ2n) is 4.65. The van der Waals surface area contributed by atoms with Gasteiger partial charge < -0.3 is 14.2 Å². The minimum atomic E-state index is -0.651. The number of ether oxygens (including phenoxy) is 3. The van der Waals surface area contributed by atoms with Crippen LogP contribution in [0.3, 0.4) is 0 Å². The summed E-state index contributed by atoms with van der Waals surface area (Å²) in [6.45, 7) is 2.18. The lowest BCUT2D eigenvalue weighted by atomic mass is 9.78. The van der Waals surface area contributed by atoms with Crippen LogP contribution in [-0.4, -0.2) is 43.5 Å². The maximum atomic E-state index is 12.1. The Labute approximate surface area is 127 Å². The molecule has 1 fully saturated rings. The van der Waals surface area contributed by atoms with E-state index in [1.165, 1.54) is 13.4 Å². The summed E-state index contributed by atoms with van der Waals surface area (Å²) in [5.74, 6) is -0.497. The third-order valence-corrected chi connectivity index (χ3v) is 4.80. The molecule has 2 unspecified atom stereocenters. The van der Waals surface area contributed by atoms with E-state index in [-0.39, 0.29) is 22.3 Å². The SMILES string of the molecule is CCO/C=C(/C(=O)CCC1CC(OC)[C@@H]1Br)C(=O)OC. The third kappa shape index (κ3) is 4.31. The fourth-order valence-corrected chi connectivity index (χ4v) is 3.04. The van der Waals surface area contributed by atoms with E-state index >= 15 is 0 Å². The third-order valence-electron chi connectivity index (χ3n) is 3.46. The Bertz CT molecular complexity index is 380. The Balaban J connectivity index is 2.49. The predicted octanol–water partition coefficient (Wildman–Crippen LogP) is 2.23. The Kier molecular flexibility index (Phi) is 7.23. The fourth-order valence-electron chi connectivity index (χ4n) is 2.12. The van der Waals surface area contributed by atoms with Gasteiger partial charge in [0.2, 0.25) is 0 Å². The summed E-state index contributed by atoms with van der Waals surface area (Å²) >= 11 is 3.56. The number of halogens is 1. The molecule has 20 heavy (non-hydrogen) atoms. The van der Waals surface area contributed by atoms with Crippen LogP contribution in [0.4, 0.5) is 0 Å². The van der Waals surface area contributed by atoms with Gasteiger partial charge in [0, 0.05) is 18.4 Å². The molecule has 0 aliphatic heterocycles. The van der Waals surface area contributed by atoms with E-state index in [2.05, 4.69) is 20.7 Å². The summed E-state index contributed by atoms with van der Waals surface area (Å²) in [6, 6.07) is 0. The number of esters is 1.